The molecule has 13 heavy (non-hydrogen) atoms. The van der Waals surface area contributed by atoms with Crippen LogP contribution in [0.4, 0.5) is 0 Å². The number of aryl methyl sites for hydroxylation is 1. The molecule has 1 aromatic carbocycles. The molecule has 1 aromatic rings. The molecule has 0 aliphatic carbocycles. The average Bonchev–Trinajstić information content (AvgIpc) is 2.14. The molecule has 0 aliphatic heterocycles. The summed E-state index contributed by atoms with van der Waals surface area (Å²) >= 11 is 0. The van der Waals surface area contributed by atoms with Gasteiger partial charge in [0, 0.05) is 12.6 Å². The molecule has 2 nitrogen and oxygen atoms in total. The molecule has 0 heterocycles. The zero-order valence-electron chi connectivity index (χ0n) is 8.03. The smallest absolute Gasteiger partial charge is 0.0431 e. The van der Waals surface area contributed by atoms with Crippen molar-refractivity contribution in [3.05, 3.63) is 35.4 Å². The zero-order chi connectivity index (χ0) is 9.68. The van der Waals surface area contributed by atoms with Crippen molar-refractivity contribution in [2.24, 2.45) is 5.73 Å². The van der Waals surface area contributed by atoms with Crippen molar-refractivity contribution in [2.45, 2.75) is 25.8 Å². The minimum atomic E-state index is 0.0621. The van der Waals surface area contributed by atoms with Gasteiger partial charge in [-0.1, -0.05) is 29.8 Å². The highest BCUT2D eigenvalue weighted by Gasteiger charge is 2.04. The van der Waals surface area contributed by atoms with Crippen LogP contribution < -0.4 is 5.73 Å². The Morgan fingerprint density at radius 3 is 2.85 bits per heavy atom. The van der Waals surface area contributed by atoms with Gasteiger partial charge in [0.05, 0.1) is 0 Å². The third-order valence-corrected chi connectivity index (χ3v) is 2.14. The predicted molar refractivity (Wildman–Crippen MR) is 54.4 cm³/mol. The van der Waals surface area contributed by atoms with Crippen molar-refractivity contribution >= 4 is 0 Å². The first-order chi connectivity index (χ1) is 6.24. The maximum absolute atomic E-state index is 8.66. The summed E-state index contributed by atoms with van der Waals surface area (Å²) < 4.78 is 0. The summed E-state index contributed by atoms with van der Waals surface area (Å²) in [4.78, 5) is 0. The molecule has 0 aliphatic rings. The van der Waals surface area contributed by atoms with Crippen molar-refractivity contribution in [1.29, 1.82) is 0 Å². The van der Waals surface area contributed by atoms with E-state index in [9.17, 15) is 0 Å². The van der Waals surface area contributed by atoms with Gasteiger partial charge in [-0.2, -0.15) is 0 Å². The first kappa shape index (κ1) is 10.2. The quantitative estimate of drug-likeness (QED) is 0.740. The Labute approximate surface area is 79.4 Å². The van der Waals surface area contributed by atoms with Crippen LogP contribution in [0, 0.1) is 6.92 Å². The molecule has 0 saturated carbocycles. The lowest BCUT2D eigenvalue weighted by molar-refractivity contribution is 0.280. The van der Waals surface area contributed by atoms with Crippen LogP contribution in [0.3, 0.4) is 0 Å². The molecule has 1 rings (SSSR count). The Morgan fingerprint density at radius 2 is 2.23 bits per heavy atom. The lowest BCUT2D eigenvalue weighted by Gasteiger charge is -2.11. The van der Waals surface area contributed by atoms with E-state index in [0.29, 0.717) is 0 Å². The minimum Gasteiger partial charge on any atom is -0.396 e. The molecular weight excluding hydrogens is 162 g/mol. The lowest BCUT2D eigenvalue weighted by atomic mass is 10.0. The van der Waals surface area contributed by atoms with Crippen LogP contribution in [-0.4, -0.2) is 11.7 Å². The number of nitrogens with two attached hydrogens (primary N) is 1. The fourth-order valence-electron chi connectivity index (χ4n) is 1.38. The van der Waals surface area contributed by atoms with Crippen LogP contribution in [0.2, 0.25) is 0 Å². The Morgan fingerprint density at radius 1 is 1.46 bits per heavy atom. The molecule has 0 radical (unpaired) electrons. The lowest BCUT2D eigenvalue weighted by Crippen LogP contribution is -2.10. The van der Waals surface area contributed by atoms with E-state index in [0.717, 1.165) is 18.4 Å². The number of hydrogen-bond acceptors (Lipinski definition) is 2. The van der Waals surface area contributed by atoms with Gasteiger partial charge in [0.1, 0.15) is 0 Å². The topological polar surface area (TPSA) is 46.2 Å². The monoisotopic (exact) mass is 179 g/mol. The highest BCUT2D eigenvalue weighted by Crippen LogP contribution is 2.16. The third kappa shape index (κ3) is 3.17. The first-order valence-corrected chi connectivity index (χ1v) is 4.67. The summed E-state index contributed by atoms with van der Waals surface area (Å²) in [5.74, 6) is 0. The van der Waals surface area contributed by atoms with Crippen molar-refractivity contribution in [3.8, 4) is 0 Å². The van der Waals surface area contributed by atoms with Gasteiger partial charge >= 0.3 is 0 Å². The van der Waals surface area contributed by atoms with Crippen molar-refractivity contribution < 1.29 is 5.11 Å². The van der Waals surface area contributed by atoms with Crippen LogP contribution >= 0.6 is 0 Å². The maximum atomic E-state index is 8.66. The summed E-state index contributed by atoms with van der Waals surface area (Å²) in [7, 11) is 0. The SMILES string of the molecule is Cc1cccc([C@@H](N)CCCO)c1. The minimum absolute atomic E-state index is 0.0621. The summed E-state index contributed by atoms with van der Waals surface area (Å²) in [6.07, 6.45) is 1.62. The summed E-state index contributed by atoms with van der Waals surface area (Å²) in [5, 5.41) is 8.66. The van der Waals surface area contributed by atoms with Crippen LogP contribution in [0.1, 0.15) is 30.0 Å². The second kappa shape index (κ2) is 5.00. The van der Waals surface area contributed by atoms with Gasteiger partial charge in [0.2, 0.25) is 0 Å². The molecule has 72 valence electrons. The number of rotatable bonds is 4. The average molecular weight is 179 g/mol. The Kier molecular flexibility index (Phi) is 3.93. The zero-order valence-corrected chi connectivity index (χ0v) is 8.03. The second-order valence-electron chi connectivity index (χ2n) is 3.39. The van der Waals surface area contributed by atoms with Crippen molar-refractivity contribution in [1.82, 2.24) is 0 Å². The molecular formula is C11H17NO. The van der Waals surface area contributed by atoms with Gasteiger partial charge in [-0.25, -0.2) is 0 Å². The fourth-order valence-corrected chi connectivity index (χ4v) is 1.38. The second-order valence-corrected chi connectivity index (χ2v) is 3.39. The van der Waals surface area contributed by atoms with Crippen LogP contribution in [0.15, 0.2) is 24.3 Å². The van der Waals surface area contributed by atoms with E-state index >= 15 is 0 Å². The Bertz CT molecular complexity index is 260. The number of aliphatic hydroxyl groups is 1. The number of benzene rings is 1. The normalized spacial score (nSPS) is 12.8. The summed E-state index contributed by atoms with van der Waals surface area (Å²) in [6, 6.07) is 8.27. The third-order valence-electron chi connectivity index (χ3n) is 2.14. The van der Waals surface area contributed by atoms with E-state index in [1.54, 1.807) is 0 Å². The maximum Gasteiger partial charge on any atom is 0.0431 e. The molecule has 0 spiro atoms. The number of hydrogen-bond donors (Lipinski definition) is 2. The number of aliphatic hydroxyl groups excluding tert-OH is 1. The van der Waals surface area contributed by atoms with Crippen molar-refractivity contribution in [2.75, 3.05) is 6.61 Å². The van der Waals surface area contributed by atoms with Crippen LogP contribution in [-0.2, 0) is 0 Å². The molecule has 2 heteroatoms. The largest absolute Gasteiger partial charge is 0.396 e. The van der Waals surface area contributed by atoms with Crippen LogP contribution in [0.5, 0.6) is 0 Å². The summed E-state index contributed by atoms with van der Waals surface area (Å²) in [5.41, 5.74) is 8.33. The Balaban J connectivity index is 2.60. The first-order valence-electron chi connectivity index (χ1n) is 4.67. The van der Waals surface area contributed by atoms with Gasteiger partial charge in [0.15, 0.2) is 0 Å². The molecule has 0 fully saturated rings. The molecule has 0 amide bonds. The standard InChI is InChI=1S/C11H17NO/c1-9-4-2-5-10(8-9)11(12)6-3-7-13/h2,4-5,8,11,13H,3,6-7,12H2,1H3/t11-/m0/s1. The molecule has 3 N–H and O–H groups in total. The predicted octanol–water partition coefficient (Wildman–Crippen LogP) is 1.77. The van der Waals surface area contributed by atoms with E-state index in [2.05, 4.69) is 19.1 Å². The molecule has 0 unspecified atom stereocenters. The highest BCUT2D eigenvalue weighted by molar-refractivity contribution is 5.24. The summed E-state index contributed by atoms with van der Waals surface area (Å²) in [6.45, 7) is 2.28. The Hall–Kier alpha value is -0.860. The van der Waals surface area contributed by atoms with Crippen LogP contribution in [0.25, 0.3) is 0 Å². The van der Waals surface area contributed by atoms with E-state index in [-0.39, 0.29) is 12.6 Å². The van der Waals surface area contributed by atoms with Crippen molar-refractivity contribution in [3.63, 3.8) is 0 Å². The molecule has 0 bridgehead atoms. The van der Waals surface area contributed by atoms with Gasteiger partial charge in [-0.05, 0) is 25.3 Å². The molecule has 0 aromatic heterocycles. The fraction of sp³-hybridized carbons (Fsp3) is 0.455. The van der Waals surface area contributed by atoms with Gasteiger partial charge in [-0.3, -0.25) is 0 Å². The van der Waals surface area contributed by atoms with E-state index in [4.69, 9.17) is 10.8 Å². The van der Waals surface area contributed by atoms with E-state index < -0.39 is 0 Å². The highest BCUT2D eigenvalue weighted by atomic mass is 16.2. The van der Waals surface area contributed by atoms with Gasteiger partial charge in [-0.15, -0.1) is 0 Å². The molecule has 0 saturated heterocycles. The van der Waals surface area contributed by atoms with Gasteiger partial charge < -0.3 is 10.8 Å². The van der Waals surface area contributed by atoms with E-state index in [1.807, 2.05) is 12.1 Å². The van der Waals surface area contributed by atoms with Gasteiger partial charge in [0.25, 0.3) is 0 Å². The molecule has 1 atom stereocenters. The van der Waals surface area contributed by atoms with E-state index in [1.165, 1.54) is 5.56 Å².